The standard InChI is InChI=1S/C21H19N5O4S2/c1-29-14-8-13(9-15(10-14)30-2)24-17(27)12-32-21-25-19-18(22-5-6-23-19)20(28)26(21)11-16-4-3-7-31-16/h3-10H,11-12H2,1-2H3,(H,24,27). The van der Waals surface area contributed by atoms with Crippen LogP contribution in [0.2, 0.25) is 0 Å². The molecule has 4 aromatic rings. The van der Waals surface area contributed by atoms with Crippen LogP contribution in [0.5, 0.6) is 11.5 Å². The zero-order valence-corrected chi connectivity index (χ0v) is 18.9. The molecule has 0 saturated carbocycles. The maximum Gasteiger partial charge on any atom is 0.282 e. The van der Waals surface area contributed by atoms with Crippen molar-refractivity contribution in [3.05, 3.63) is 63.3 Å². The highest BCUT2D eigenvalue weighted by Crippen LogP contribution is 2.26. The van der Waals surface area contributed by atoms with E-state index in [4.69, 9.17) is 9.47 Å². The molecule has 3 heterocycles. The molecule has 0 radical (unpaired) electrons. The fourth-order valence-corrected chi connectivity index (χ4v) is 4.42. The fourth-order valence-electron chi connectivity index (χ4n) is 2.94. The monoisotopic (exact) mass is 469 g/mol. The van der Waals surface area contributed by atoms with Crippen LogP contribution in [-0.2, 0) is 11.3 Å². The first kappa shape index (κ1) is 21.8. The Bertz CT molecular complexity index is 1290. The average molecular weight is 470 g/mol. The number of carbonyl (C=O) groups excluding carboxylic acids is 1. The minimum Gasteiger partial charge on any atom is -0.497 e. The Morgan fingerprint density at radius 2 is 1.91 bits per heavy atom. The summed E-state index contributed by atoms with van der Waals surface area (Å²) in [5.74, 6) is 0.905. The normalized spacial score (nSPS) is 10.8. The third kappa shape index (κ3) is 4.89. The maximum absolute atomic E-state index is 13.0. The van der Waals surface area contributed by atoms with Crippen LogP contribution in [0.25, 0.3) is 11.2 Å². The molecule has 0 aliphatic heterocycles. The van der Waals surface area contributed by atoms with E-state index < -0.39 is 0 Å². The number of carbonyl (C=O) groups is 1. The Labute approximate surface area is 191 Å². The Kier molecular flexibility index (Phi) is 6.66. The zero-order valence-electron chi connectivity index (χ0n) is 17.3. The number of nitrogens with zero attached hydrogens (tertiary/aromatic N) is 4. The van der Waals surface area contributed by atoms with Gasteiger partial charge in [0.1, 0.15) is 11.5 Å². The molecule has 1 amide bonds. The molecule has 4 rings (SSSR count). The number of thioether (sulfide) groups is 1. The summed E-state index contributed by atoms with van der Waals surface area (Å²) in [6.45, 7) is 0.340. The highest BCUT2D eigenvalue weighted by Gasteiger charge is 2.16. The molecule has 9 nitrogen and oxygen atoms in total. The third-order valence-electron chi connectivity index (χ3n) is 4.42. The van der Waals surface area contributed by atoms with Gasteiger partial charge in [0.05, 0.1) is 26.5 Å². The number of anilines is 1. The molecule has 32 heavy (non-hydrogen) atoms. The van der Waals surface area contributed by atoms with Gasteiger partial charge in [-0.3, -0.25) is 14.2 Å². The van der Waals surface area contributed by atoms with Crippen molar-refractivity contribution in [2.75, 3.05) is 25.3 Å². The Hall–Kier alpha value is -3.44. The molecule has 0 fully saturated rings. The number of methoxy groups -OCH3 is 2. The molecule has 0 atom stereocenters. The van der Waals surface area contributed by atoms with Gasteiger partial charge in [-0.25, -0.2) is 15.0 Å². The Morgan fingerprint density at radius 1 is 1.16 bits per heavy atom. The molecule has 164 valence electrons. The average Bonchev–Trinajstić information content (AvgIpc) is 3.32. The molecule has 0 unspecified atom stereocenters. The number of nitrogens with one attached hydrogen (secondary N) is 1. The minimum atomic E-state index is -0.294. The predicted octanol–water partition coefficient (Wildman–Crippen LogP) is 3.04. The van der Waals surface area contributed by atoms with E-state index in [2.05, 4.69) is 20.3 Å². The van der Waals surface area contributed by atoms with Crippen LogP contribution in [0.15, 0.2) is 58.1 Å². The molecule has 0 aliphatic rings. The summed E-state index contributed by atoms with van der Waals surface area (Å²) in [6.07, 6.45) is 2.94. The third-order valence-corrected chi connectivity index (χ3v) is 6.26. The van der Waals surface area contributed by atoms with Crippen LogP contribution in [0, 0.1) is 0 Å². The summed E-state index contributed by atoms with van der Waals surface area (Å²) in [7, 11) is 3.08. The second kappa shape index (κ2) is 9.79. The number of aromatic nitrogens is 4. The van der Waals surface area contributed by atoms with Gasteiger partial charge in [-0.1, -0.05) is 17.8 Å². The molecular formula is C21H19N5O4S2. The van der Waals surface area contributed by atoms with E-state index in [1.54, 1.807) is 18.2 Å². The quantitative estimate of drug-likeness (QED) is 0.310. The molecule has 1 N–H and O–H groups in total. The second-order valence-corrected chi connectivity index (χ2v) is 8.51. The second-order valence-electron chi connectivity index (χ2n) is 6.53. The molecule has 0 bridgehead atoms. The van der Waals surface area contributed by atoms with Gasteiger partial charge in [0, 0.05) is 41.2 Å². The van der Waals surface area contributed by atoms with E-state index in [-0.39, 0.29) is 28.4 Å². The molecule has 0 aliphatic carbocycles. The summed E-state index contributed by atoms with van der Waals surface area (Å²) in [5.41, 5.74) is 0.693. The van der Waals surface area contributed by atoms with E-state index in [0.29, 0.717) is 28.9 Å². The first-order valence-electron chi connectivity index (χ1n) is 9.47. The number of benzene rings is 1. The summed E-state index contributed by atoms with van der Waals surface area (Å²) < 4.78 is 12.0. The Balaban J connectivity index is 1.57. The molecular weight excluding hydrogens is 450 g/mol. The number of amides is 1. The lowest BCUT2D eigenvalue weighted by molar-refractivity contribution is -0.113. The van der Waals surface area contributed by atoms with E-state index in [0.717, 1.165) is 16.6 Å². The van der Waals surface area contributed by atoms with E-state index >= 15 is 0 Å². The van der Waals surface area contributed by atoms with Gasteiger partial charge >= 0.3 is 0 Å². The van der Waals surface area contributed by atoms with Crippen molar-refractivity contribution in [1.82, 2.24) is 19.5 Å². The van der Waals surface area contributed by atoms with E-state index in [1.807, 2.05) is 17.5 Å². The van der Waals surface area contributed by atoms with Crippen molar-refractivity contribution < 1.29 is 14.3 Å². The first-order valence-corrected chi connectivity index (χ1v) is 11.3. The lowest BCUT2D eigenvalue weighted by atomic mass is 10.2. The van der Waals surface area contributed by atoms with Crippen molar-refractivity contribution in [3.8, 4) is 11.5 Å². The van der Waals surface area contributed by atoms with Crippen LogP contribution in [0.4, 0.5) is 5.69 Å². The predicted molar refractivity (Wildman–Crippen MR) is 124 cm³/mol. The topological polar surface area (TPSA) is 108 Å². The number of hydrogen-bond donors (Lipinski definition) is 1. The fraction of sp³-hybridized carbons (Fsp3) is 0.190. The van der Waals surface area contributed by atoms with E-state index in [1.165, 1.54) is 42.5 Å². The molecule has 0 spiro atoms. The van der Waals surface area contributed by atoms with Crippen molar-refractivity contribution in [2.24, 2.45) is 0 Å². The number of thiophene rings is 1. The summed E-state index contributed by atoms with van der Waals surface area (Å²) in [6, 6.07) is 8.97. The molecule has 0 saturated heterocycles. The van der Waals surface area contributed by atoms with E-state index in [9.17, 15) is 9.59 Å². The van der Waals surface area contributed by atoms with Crippen LogP contribution < -0.4 is 20.3 Å². The molecule has 3 aromatic heterocycles. The van der Waals surface area contributed by atoms with Gasteiger partial charge < -0.3 is 14.8 Å². The smallest absolute Gasteiger partial charge is 0.282 e. The summed E-state index contributed by atoms with van der Waals surface area (Å²) >= 11 is 2.70. The van der Waals surface area contributed by atoms with Crippen LogP contribution in [0.1, 0.15) is 4.88 Å². The van der Waals surface area contributed by atoms with Crippen molar-refractivity contribution in [2.45, 2.75) is 11.7 Å². The minimum absolute atomic E-state index is 0.0438. The SMILES string of the molecule is COc1cc(NC(=O)CSc2nc3nccnc3c(=O)n2Cc2cccs2)cc(OC)c1. The molecule has 11 heteroatoms. The number of ether oxygens (including phenoxy) is 2. The van der Waals surface area contributed by atoms with Gasteiger partial charge in [-0.2, -0.15) is 0 Å². The van der Waals surface area contributed by atoms with Gasteiger partial charge in [-0.15, -0.1) is 11.3 Å². The van der Waals surface area contributed by atoms with Gasteiger partial charge in [0.2, 0.25) is 5.91 Å². The highest BCUT2D eigenvalue weighted by atomic mass is 32.2. The molecule has 1 aromatic carbocycles. The Morgan fingerprint density at radius 3 is 2.59 bits per heavy atom. The highest BCUT2D eigenvalue weighted by molar-refractivity contribution is 7.99. The van der Waals surface area contributed by atoms with Gasteiger partial charge in [-0.05, 0) is 11.4 Å². The van der Waals surface area contributed by atoms with Crippen molar-refractivity contribution in [3.63, 3.8) is 0 Å². The lowest BCUT2D eigenvalue weighted by Gasteiger charge is -2.12. The number of hydrogen-bond acceptors (Lipinski definition) is 9. The van der Waals surface area contributed by atoms with Crippen LogP contribution >= 0.6 is 23.1 Å². The van der Waals surface area contributed by atoms with Crippen LogP contribution in [-0.4, -0.2) is 45.4 Å². The van der Waals surface area contributed by atoms with Crippen molar-refractivity contribution >= 4 is 45.9 Å². The largest absolute Gasteiger partial charge is 0.497 e. The van der Waals surface area contributed by atoms with Crippen molar-refractivity contribution in [1.29, 1.82) is 0 Å². The summed E-state index contributed by atoms with van der Waals surface area (Å²) in [4.78, 5) is 39.4. The zero-order chi connectivity index (χ0) is 22.5. The lowest BCUT2D eigenvalue weighted by Crippen LogP contribution is -2.25. The first-order chi connectivity index (χ1) is 15.6. The number of rotatable bonds is 8. The maximum atomic E-state index is 13.0. The van der Waals surface area contributed by atoms with Crippen LogP contribution in [0.3, 0.4) is 0 Å². The number of fused-ring (bicyclic) bond motifs is 1. The van der Waals surface area contributed by atoms with Gasteiger partial charge in [0.15, 0.2) is 16.3 Å². The summed E-state index contributed by atoms with van der Waals surface area (Å²) in [5, 5.41) is 5.16. The van der Waals surface area contributed by atoms with Gasteiger partial charge in [0.25, 0.3) is 5.56 Å².